The third-order valence-electron chi connectivity index (χ3n) is 2.92. The minimum Gasteiger partial charge on any atom is -0.476 e. The van der Waals surface area contributed by atoms with Crippen LogP contribution in [0.25, 0.3) is 0 Å². The lowest BCUT2D eigenvalue weighted by molar-refractivity contribution is 0.251. The van der Waals surface area contributed by atoms with E-state index in [9.17, 15) is 14.4 Å². The number of nitrogens with zero attached hydrogens (tertiary/aromatic N) is 2. The van der Waals surface area contributed by atoms with Gasteiger partial charge >= 0.3 is 11.7 Å². The first-order valence-electron chi connectivity index (χ1n) is 6.92. The highest BCUT2D eigenvalue weighted by Gasteiger charge is 2.09. The number of hydrogen-bond acceptors (Lipinski definition) is 5. The maximum atomic E-state index is 11.9. The molecule has 9 heteroatoms. The molecule has 23 heavy (non-hydrogen) atoms. The zero-order valence-corrected chi connectivity index (χ0v) is 12.8. The van der Waals surface area contributed by atoms with E-state index < -0.39 is 17.3 Å². The Morgan fingerprint density at radius 2 is 2.22 bits per heavy atom. The van der Waals surface area contributed by atoms with Crippen LogP contribution >= 0.6 is 0 Å². The molecule has 3 N–H and O–H groups in total. The van der Waals surface area contributed by atoms with Gasteiger partial charge in [0.05, 0.1) is 18.7 Å². The highest BCUT2D eigenvalue weighted by atomic mass is 16.5. The van der Waals surface area contributed by atoms with Gasteiger partial charge in [0.1, 0.15) is 5.69 Å². The molecule has 0 bridgehead atoms. The van der Waals surface area contributed by atoms with Gasteiger partial charge in [-0.1, -0.05) is 0 Å². The second-order valence-corrected chi connectivity index (χ2v) is 4.62. The molecule has 2 aromatic rings. The Morgan fingerprint density at radius 1 is 1.43 bits per heavy atom. The molecule has 0 aromatic carbocycles. The minimum atomic E-state index is -0.537. The van der Waals surface area contributed by atoms with Crippen LogP contribution in [0.1, 0.15) is 12.5 Å². The molecule has 0 saturated carbocycles. The van der Waals surface area contributed by atoms with E-state index in [1.54, 1.807) is 18.3 Å². The summed E-state index contributed by atoms with van der Waals surface area (Å²) in [6.45, 7) is 2.20. The highest BCUT2D eigenvalue weighted by molar-refractivity contribution is 5.90. The first kappa shape index (κ1) is 16.3. The van der Waals surface area contributed by atoms with Gasteiger partial charge in [0, 0.05) is 19.4 Å². The van der Waals surface area contributed by atoms with Crippen molar-refractivity contribution in [1.82, 2.24) is 19.9 Å². The molecule has 9 nitrogen and oxygen atoms in total. The third-order valence-corrected chi connectivity index (χ3v) is 2.92. The molecule has 0 aliphatic heterocycles. The predicted octanol–water partition coefficient (Wildman–Crippen LogP) is 0.189. The fourth-order valence-electron chi connectivity index (χ4n) is 1.82. The number of H-pyrrole nitrogens is 1. The number of ether oxygens (including phenoxy) is 1. The first-order valence-corrected chi connectivity index (χ1v) is 6.92. The summed E-state index contributed by atoms with van der Waals surface area (Å²) >= 11 is 0. The van der Waals surface area contributed by atoms with Gasteiger partial charge in [-0.3, -0.25) is 9.78 Å². The molecule has 0 unspecified atom stereocenters. The Hall–Kier alpha value is -3.10. The van der Waals surface area contributed by atoms with Crippen LogP contribution in [0.3, 0.4) is 0 Å². The van der Waals surface area contributed by atoms with E-state index >= 15 is 0 Å². The number of aromatic amines is 1. The molecular formula is C14H17N5O4. The van der Waals surface area contributed by atoms with Crippen LogP contribution in [0, 0.1) is 0 Å². The monoisotopic (exact) mass is 319 g/mol. The van der Waals surface area contributed by atoms with Crippen LogP contribution in [0.2, 0.25) is 0 Å². The molecule has 0 saturated heterocycles. The average Bonchev–Trinajstić information content (AvgIpc) is 2.52. The lowest BCUT2D eigenvalue weighted by Gasteiger charge is -2.11. The van der Waals surface area contributed by atoms with Gasteiger partial charge < -0.3 is 19.9 Å². The Labute approximate surface area is 131 Å². The Morgan fingerprint density at radius 3 is 2.96 bits per heavy atom. The summed E-state index contributed by atoms with van der Waals surface area (Å²) in [6.07, 6.45) is 2.93. The molecule has 2 aromatic heterocycles. The van der Waals surface area contributed by atoms with Crippen LogP contribution in [0.15, 0.2) is 34.1 Å². The van der Waals surface area contributed by atoms with Gasteiger partial charge in [0.25, 0.3) is 5.56 Å². The number of aromatic nitrogens is 3. The largest absolute Gasteiger partial charge is 0.476 e. The van der Waals surface area contributed by atoms with Crippen molar-refractivity contribution in [2.24, 2.45) is 7.05 Å². The van der Waals surface area contributed by atoms with E-state index in [1.165, 1.54) is 17.8 Å². The summed E-state index contributed by atoms with van der Waals surface area (Å²) in [5.41, 5.74) is -0.371. The van der Waals surface area contributed by atoms with Crippen LogP contribution in [0.5, 0.6) is 5.88 Å². The smallest absolute Gasteiger partial charge is 0.328 e. The van der Waals surface area contributed by atoms with Crippen molar-refractivity contribution in [3.63, 3.8) is 0 Å². The van der Waals surface area contributed by atoms with Gasteiger partial charge in [-0.25, -0.2) is 14.6 Å². The predicted molar refractivity (Wildman–Crippen MR) is 83.6 cm³/mol. The number of nitrogens with one attached hydrogen (secondary N) is 3. The molecular weight excluding hydrogens is 302 g/mol. The van der Waals surface area contributed by atoms with E-state index in [4.69, 9.17) is 4.74 Å². The van der Waals surface area contributed by atoms with Crippen molar-refractivity contribution >= 4 is 11.7 Å². The summed E-state index contributed by atoms with van der Waals surface area (Å²) in [6, 6.07) is 2.79. The number of pyridine rings is 1. The van der Waals surface area contributed by atoms with Crippen molar-refractivity contribution in [1.29, 1.82) is 0 Å². The number of urea groups is 1. The third kappa shape index (κ3) is 4.19. The normalized spacial score (nSPS) is 10.2. The van der Waals surface area contributed by atoms with Crippen molar-refractivity contribution < 1.29 is 9.53 Å². The summed E-state index contributed by atoms with van der Waals surface area (Å²) in [5.74, 6) is 0.310. The van der Waals surface area contributed by atoms with Crippen LogP contribution in [0.4, 0.5) is 10.5 Å². The maximum absolute atomic E-state index is 11.9. The summed E-state index contributed by atoms with van der Waals surface area (Å²) in [5, 5.41) is 5.13. The van der Waals surface area contributed by atoms with Crippen LogP contribution < -0.4 is 26.6 Å². The minimum absolute atomic E-state index is 0.0283. The lowest BCUT2D eigenvalue weighted by Crippen LogP contribution is -2.35. The van der Waals surface area contributed by atoms with Crippen LogP contribution in [-0.4, -0.2) is 27.2 Å². The van der Waals surface area contributed by atoms with Gasteiger partial charge in [0.2, 0.25) is 5.88 Å². The van der Waals surface area contributed by atoms with Crippen molar-refractivity contribution in [2.45, 2.75) is 13.5 Å². The number of anilines is 1. The highest BCUT2D eigenvalue weighted by Crippen LogP contribution is 2.19. The van der Waals surface area contributed by atoms with E-state index in [0.29, 0.717) is 18.2 Å². The van der Waals surface area contributed by atoms with E-state index in [0.717, 1.165) is 0 Å². The molecule has 0 spiro atoms. The maximum Gasteiger partial charge on any atom is 0.328 e. The number of hydrogen-bond donors (Lipinski definition) is 3. The lowest BCUT2D eigenvalue weighted by atomic mass is 10.3. The molecule has 122 valence electrons. The quantitative estimate of drug-likeness (QED) is 0.727. The average molecular weight is 319 g/mol. The van der Waals surface area contributed by atoms with E-state index in [2.05, 4.69) is 20.6 Å². The van der Waals surface area contributed by atoms with Crippen molar-refractivity contribution in [3.8, 4) is 5.88 Å². The van der Waals surface area contributed by atoms with Gasteiger partial charge in [-0.15, -0.1) is 0 Å². The number of aryl methyl sites for hydroxylation is 1. The molecule has 2 amide bonds. The zero-order chi connectivity index (χ0) is 16.8. The zero-order valence-electron chi connectivity index (χ0n) is 12.8. The number of rotatable bonds is 5. The summed E-state index contributed by atoms with van der Waals surface area (Å²) in [7, 11) is 1.51. The van der Waals surface area contributed by atoms with Gasteiger partial charge in [0.15, 0.2) is 0 Å². The second kappa shape index (κ2) is 7.25. The molecule has 0 fully saturated rings. The number of amides is 2. The van der Waals surface area contributed by atoms with Crippen molar-refractivity contribution in [3.05, 3.63) is 50.9 Å². The number of carbonyl (C=O) groups is 1. The molecule has 0 radical (unpaired) electrons. The first-order chi connectivity index (χ1) is 11.0. The summed E-state index contributed by atoms with van der Waals surface area (Å²) in [4.78, 5) is 41.0. The Bertz CT molecular complexity index is 811. The second-order valence-electron chi connectivity index (χ2n) is 4.62. The van der Waals surface area contributed by atoms with Crippen LogP contribution in [-0.2, 0) is 13.6 Å². The van der Waals surface area contributed by atoms with E-state index in [-0.39, 0.29) is 12.1 Å². The van der Waals surface area contributed by atoms with E-state index in [1.807, 2.05) is 6.92 Å². The molecule has 0 aliphatic carbocycles. The fraction of sp³-hybridized carbons (Fsp3) is 0.286. The standard InChI is InChI=1S/C14H17N5O4/c1-3-23-12-10(5-4-6-15-12)17-13(21)16-7-9-8-19(2)14(22)18-11(9)20/h4-6,8H,3,7H2,1-2H3,(H2,16,17,21)(H,18,20,22). The topological polar surface area (TPSA) is 118 Å². The molecule has 2 rings (SSSR count). The molecule has 0 atom stereocenters. The Balaban J connectivity index is 2.02. The SMILES string of the molecule is CCOc1ncccc1NC(=O)NCc1cn(C)c(=O)[nH]c1=O. The number of carbonyl (C=O) groups excluding carboxylic acids is 1. The summed E-state index contributed by atoms with van der Waals surface area (Å²) < 4.78 is 6.53. The molecule has 2 heterocycles. The van der Waals surface area contributed by atoms with Gasteiger partial charge in [-0.05, 0) is 19.1 Å². The molecule has 0 aliphatic rings. The van der Waals surface area contributed by atoms with Gasteiger partial charge in [-0.2, -0.15) is 0 Å². The fourth-order valence-corrected chi connectivity index (χ4v) is 1.82. The van der Waals surface area contributed by atoms with Crippen molar-refractivity contribution in [2.75, 3.05) is 11.9 Å². The Kier molecular flexibility index (Phi) is 5.13.